The molecule has 0 radical (unpaired) electrons. The van der Waals surface area contributed by atoms with Crippen molar-refractivity contribution in [3.63, 3.8) is 0 Å². The summed E-state index contributed by atoms with van der Waals surface area (Å²) in [6.45, 7) is 6.43. The van der Waals surface area contributed by atoms with Gasteiger partial charge in [0.2, 0.25) is 0 Å². The van der Waals surface area contributed by atoms with Gasteiger partial charge in [-0.05, 0) is 30.2 Å². The number of hydrogen-bond acceptors (Lipinski definition) is 3. The van der Waals surface area contributed by atoms with Crippen molar-refractivity contribution in [3.05, 3.63) is 65.5 Å². The molecule has 0 spiro atoms. The summed E-state index contributed by atoms with van der Waals surface area (Å²) >= 11 is 0. The monoisotopic (exact) mass is 498 g/mol. The Bertz CT molecular complexity index is 779. The van der Waals surface area contributed by atoms with Gasteiger partial charge in [-0.3, -0.25) is 0 Å². The number of guanidine groups is 1. The number of aliphatic imine (C=N–C) groups is 1. The van der Waals surface area contributed by atoms with E-state index in [1.807, 2.05) is 43.3 Å². The Morgan fingerprint density at radius 3 is 2.32 bits per heavy atom. The number of aliphatic hydroxyl groups is 1. The van der Waals surface area contributed by atoms with Crippen molar-refractivity contribution in [1.29, 1.82) is 0 Å². The molecule has 1 aliphatic rings. The molecule has 2 aromatic carbocycles. The van der Waals surface area contributed by atoms with E-state index in [1.165, 1.54) is 6.07 Å². The van der Waals surface area contributed by atoms with Gasteiger partial charge >= 0.3 is 0 Å². The Hall–Kier alpha value is -1.87. The van der Waals surface area contributed by atoms with E-state index in [0.717, 1.165) is 49.8 Å². The van der Waals surface area contributed by atoms with Crippen LogP contribution in [0.15, 0.2) is 53.5 Å². The number of halogens is 2. The lowest BCUT2D eigenvalue weighted by molar-refractivity contribution is 0.280. The Balaban J connectivity index is 0.00000280. The van der Waals surface area contributed by atoms with Crippen LogP contribution in [0.3, 0.4) is 0 Å². The van der Waals surface area contributed by atoms with E-state index in [2.05, 4.69) is 15.1 Å². The second-order valence-corrected chi connectivity index (χ2v) is 6.52. The number of aliphatic hydroxyl groups excluding tert-OH is 1. The van der Waals surface area contributed by atoms with E-state index in [1.54, 1.807) is 6.07 Å². The molecule has 2 N–H and O–H groups in total. The SMILES string of the molecule is CCNC(=NCc1ccccc1CO)N1CCN(c2ccccc2F)CC1.I. The average molecular weight is 498 g/mol. The van der Waals surface area contributed by atoms with Crippen LogP contribution in [0.4, 0.5) is 10.1 Å². The van der Waals surface area contributed by atoms with Gasteiger partial charge < -0.3 is 20.2 Å². The second kappa shape index (κ2) is 11.2. The molecule has 2 aromatic rings. The first-order chi connectivity index (χ1) is 13.2. The Morgan fingerprint density at radius 2 is 1.68 bits per heavy atom. The highest BCUT2D eigenvalue weighted by Crippen LogP contribution is 2.20. The molecule has 0 atom stereocenters. The van der Waals surface area contributed by atoms with Gasteiger partial charge in [-0.1, -0.05) is 36.4 Å². The minimum absolute atomic E-state index is 0. The van der Waals surface area contributed by atoms with Crippen LogP contribution in [0.25, 0.3) is 0 Å². The van der Waals surface area contributed by atoms with Crippen molar-refractivity contribution in [2.24, 2.45) is 4.99 Å². The van der Waals surface area contributed by atoms with E-state index < -0.39 is 0 Å². The van der Waals surface area contributed by atoms with Gasteiger partial charge in [-0.2, -0.15) is 0 Å². The third-order valence-corrected chi connectivity index (χ3v) is 4.80. The van der Waals surface area contributed by atoms with Crippen molar-refractivity contribution >= 4 is 35.6 Å². The zero-order chi connectivity index (χ0) is 19.1. The van der Waals surface area contributed by atoms with Crippen LogP contribution in [0.2, 0.25) is 0 Å². The molecule has 1 heterocycles. The summed E-state index contributed by atoms with van der Waals surface area (Å²) in [7, 11) is 0. The first-order valence-corrected chi connectivity index (χ1v) is 9.43. The smallest absolute Gasteiger partial charge is 0.194 e. The number of nitrogens with zero attached hydrogens (tertiary/aromatic N) is 3. The minimum Gasteiger partial charge on any atom is -0.392 e. The molecule has 1 saturated heterocycles. The zero-order valence-electron chi connectivity index (χ0n) is 16.1. The van der Waals surface area contributed by atoms with Crippen LogP contribution >= 0.6 is 24.0 Å². The number of piperazine rings is 1. The molecular weight excluding hydrogens is 470 g/mol. The zero-order valence-corrected chi connectivity index (χ0v) is 18.5. The van der Waals surface area contributed by atoms with Crippen molar-refractivity contribution in [1.82, 2.24) is 10.2 Å². The summed E-state index contributed by atoms with van der Waals surface area (Å²) in [6, 6.07) is 14.7. The van der Waals surface area contributed by atoms with E-state index in [4.69, 9.17) is 4.99 Å². The molecule has 3 rings (SSSR count). The lowest BCUT2D eigenvalue weighted by atomic mass is 10.1. The molecule has 0 amide bonds. The van der Waals surface area contributed by atoms with Crippen molar-refractivity contribution in [2.75, 3.05) is 37.6 Å². The standard InChI is InChI=1S/C21H27FN4O.HI/c1-2-23-21(24-15-17-7-3-4-8-18(17)16-27)26-13-11-25(12-14-26)20-10-6-5-9-19(20)22;/h3-10,27H,2,11-16H2,1H3,(H,23,24);1H. The number of nitrogens with one attached hydrogen (secondary N) is 1. The predicted molar refractivity (Wildman–Crippen MR) is 123 cm³/mol. The van der Waals surface area contributed by atoms with Crippen molar-refractivity contribution < 1.29 is 9.50 Å². The van der Waals surface area contributed by atoms with Gasteiger partial charge in [0.1, 0.15) is 5.82 Å². The summed E-state index contributed by atoms with van der Waals surface area (Å²) in [4.78, 5) is 9.05. The fraction of sp³-hybridized carbons (Fsp3) is 0.381. The molecule has 5 nitrogen and oxygen atoms in total. The second-order valence-electron chi connectivity index (χ2n) is 6.52. The molecule has 0 aliphatic carbocycles. The molecular formula is C21H28FIN4O. The highest BCUT2D eigenvalue weighted by Gasteiger charge is 2.21. The maximum absolute atomic E-state index is 14.0. The molecule has 1 aliphatic heterocycles. The topological polar surface area (TPSA) is 51.1 Å². The summed E-state index contributed by atoms with van der Waals surface area (Å²) in [5, 5.41) is 12.8. The van der Waals surface area contributed by atoms with Crippen molar-refractivity contribution in [3.8, 4) is 0 Å². The number of benzene rings is 2. The first kappa shape index (κ1) is 22.4. The maximum atomic E-state index is 14.0. The fourth-order valence-electron chi connectivity index (χ4n) is 3.32. The Morgan fingerprint density at radius 1 is 1.04 bits per heavy atom. The van der Waals surface area contributed by atoms with Crippen LogP contribution in [-0.2, 0) is 13.2 Å². The maximum Gasteiger partial charge on any atom is 0.194 e. The number of anilines is 1. The molecule has 0 aromatic heterocycles. The third-order valence-electron chi connectivity index (χ3n) is 4.80. The fourth-order valence-corrected chi connectivity index (χ4v) is 3.32. The molecule has 28 heavy (non-hydrogen) atoms. The van der Waals surface area contributed by atoms with Crippen LogP contribution < -0.4 is 10.2 Å². The lowest BCUT2D eigenvalue weighted by Crippen LogP contribution is -2.52. The third kappa shape index (κ3) is 5.57. The summed E-state index contributed by atoms with van der Waals surface area (Å²) in [6.07, 6.45) is 0. The van der Waals surface area contributed by atoms with Gasteiger partial charge in [0.25, 0.3) is 0 Å². The molecule has 7 heteroatoms. The molecule has 1 fully saturated rings. The number of rotatable bonds is 5. The quantitative estimate of drug-likeness (QED) is 0.378. The van der Waals surface area contributed by atoms with E-state index >= 15 is 0 Å². The molecule has 0 bridgehead atoms. The van der Waals surface area contributed by atoms with Crippen molar-refractivity contribution in [2.45, 2.75) is 20.1 Å². The Labute approximate surface area is 183 Å². The Kier molecular flexibility index (Phi) is 8.98. The number of para-hydroxylation sites is 1. The van der Waals surface area contributed by atoms with Gasteiger partial charge in [0.05, 0.1) is 18.8 Å². The summed E-state index contributed by atoms with van der Waals surface area (Å²) < 4.78 is 14.0. The van der Waals surface area contributed by atoms with Gasteiger partial charge in [0.15, 0.2) is 5.96 Å². The van der Waals surface area contributed by atoms with E-state index in [9.17, 15) is 9.50 Å². The largest absolute Gasteiger partial charge is 0.392 e. The van der Waals surface area contributed by atoms with Crippen LogP contribution in [0, 0.1) is 5.82 Å². The van der Waals surface area contributed by atoms with E-state index in [-0.39, 0.29) is 36.4 Å². The van der Waals surface area contributed by atoms with Crippen LogP contribution in [0.5, 0.6) is 0 Å². The average Bonchev–Trinajstić information content (AvgIpc) is 2.72. The highest BCUT2D eigenvalue weighted by atomic mass is 127. The van der Waals surface area contributed by atoms with Gasteiger partial charge in [-0.25, -0.2) is 9.38 Å². The first-order valence-electron chi connectivity index (χ1n) is 9.43. The minimum atomic E-state index is -0.174. The molecule has 0 saturated carbocycles. The summed E-state index contributed by atoms with van der Waals surface area (Å²) in [5.74, 6) is 0.686. The predicted octanol–water partition coefficient (Wildman–Crippen LogP) is 3.22. The van der Waals surface area contributed by atoms with Gasteiger partial charge in [-0.15, -0.1) is 24.0 Å². The van der Waals surface area contributed by atoms with Gasteiger partial charge in [0, 0.05) is 32.7 Å². The molecule has 152 valence electrons. The van der Waals surface area contributed by atoms with Crippen LogP contribution in [0.1, 0.15) is 18.1 Å². The van der Waals surface area contributed by atoms with Crippen LogP contribution in [-0.4, -0.2) is 48.7 Å². The highest BCUT2D eigenvalue weighted by molar-refractivity contribution is 14.0. The number of hydrogen-bond donors (Lipinski definition) is 2. The summed E-state index contributed by atoms with van der Waals surface area (Å²) in [5.41, 5.74) is 2.60. The molecule has 0 unspecified atom stereocenters. The lowest BCUT2D eigenvalue weighted by Gasteiger charge is -2.37. The van der Waals surface area contributed by atoms with E-state index in [0.29, 0.717) is 12.2 Å². The normalized spacial score (nSPS) is 14.6.